The van der Waals surface area contributed by atoms with Crippen molar-refractivity contribution in [1.29, 1.82) is 0 Å². The lowest BCUT2D eigenvalue weighted by atomic mass is 9.91. The van der Waals surface area contributed by atoms with Gasteiger partial charge in [0.25, 0.3) is 0 Å². The Kier molecular flexibility index (Phi) is 15.2. The second kappa shape index (κ2) is 13.7. The van der Waals surface area contributed by atoms with Gasteiger partial charge in [-0.2, -0.15) is 25.3 Å². The van der Waals surface area contributed by atoms with Gasteiger partial charge >= 0.3 is 5.97 Å². The molecule has 158 valence electrons. The third kappa shape index (κ3) is 9.19. The van der Waals surface area contributed by atoms with Gasteiger partial charge in [0.1, 0.15) is 0 Å². The molecule has 0 heterocycles. The average molecular weight is 457 g/mol. The van der Waals surface area contributed by atoms with E-state index in [0.29, 0.717) is 0 Å². The smallest absolute Gasteiger partial charge is 0.331 e. The van der Waals surface area contributed by atoms with Crippen LogP contribution in [-0.2, 0) is 9.53 Å². The number of ether oxygens (including phenoxy) is 1. The maximum atomic E-state index is 10.2. The molecule has 0 aromatic heterocycles. The number of rotatable bonds is 12. The lowest BCUT2D eigenvalue weighted by Gasteiger charge is -2.31. The highest BCUT2D eigenvalue weighted by Gasteiger charge is 2.35. The van der Waals surface area contributed by atoms with E-state index < -0.39 is 65.1 Å². The molecule has 0 radical (unpaired) electrons. The van der Waals surface area contributed by atoms with Gasteiger partial charge < -0.3 is 40.5 Å². The van der Waals surface area contributed by atoms with Crippen LogP contribution >= 0.6 is 50.5 Å². The zero-order valence-corrected chi connectivity index (χ0v) is 17.5. The Balaban J connectivity index is 0. The van der Waals surface area contributed by atoms with Gasteiger partial charge in [-0.1, -0.05) is 0 Å². The maximum absolute atomic E-state index is 10.2. The Morgan fingerprint density at radius 3 is 1.15 bits per heavy atom. The summed E-state index contributed by atoms with van der Waals surface area (Å²) in [5, 5.41) is 62.5. The summed E-state index contributed by atoms with van der Waals surface area (Å²) in [4.78, 5) is 10.2. The van der Waals surface area contributed by atoms with Gasteiger partial charge in [-0.05, 0) is 0 Å². The summed E-state index contributed by atoms with van der Waals surface area (Å²) < 4.78 is 2.99. The van der Waals surface area contributed by atoms with Crippen molar-refractivity contribution >= 4 is 56.5 Å². The number of carboxylic acids is 1. The van der Waals surface area contributed by atoms with Crippen molar-refractivity contribution in [2.75, 3.05) is 52.9 Å². The topological polar surface area (TPSA) is 168 Å². The molecule has 7 N–H and O–H groups in total. The van der Waals surface area contributed by atoms with Crippen LogP contribution in [0.1, 0.15) is 0 Å². The molecule has 0 fully saturated rings. The van der Waals surface area contributed by atoms with Crippen molar-refractivity contribution in [3.63, 3.8) is 0 Å². The normalized spacial score (nSPS) is 12.7. The van der Waals surface area contributed by atoms with Crippen LogP contribution in [0.15, 0.2) is 0 Å². The van der Waals surface area contributed by atoms with Crippen molar-refractivity contribution in [1.82, 2.24) is 0 Å². The molecule has 0 aromatic rings. The van der Waals surface area contributed by atoms with Crippen molar-refractivity contribution in [3.05, 3.63) is 0 Å². The fraction of sp³-hybridized carbons (Fsp3) is 0.923. The molecule has 0 aliphatic rings. The van der Waals surface area contributed by atoms with E-state index >= 15 is 0 Å². The maximum Gasteiger partial charge on any atom is 0.331 e. The van der Waals surface area contributed by atoms with E-state index in [1.165, 1.54) is 0 Å². The molecule has 0 unspecified atom stereocenters. The molecule has 0 aliphatic carbocycles. The average Bonchev–Trinajstić information content (AvgIpc) is 2.63. The third-order valence-electron chi connectivity index (χ3n) is 3.50. The van der Waals surface area contributed by atoms with E-state index in [1.54, 1.807) is 0 Å². The number of hydrogen-bond acceptors (Lipinski definition) is 12. The molecule has 13 heteroatoms. The van der Waals surface area contributed by atoms with E-state index in [4.69, 9.17) is 40.5 Å². The van der Waals surface area contributed by atoms with Crippen LogP contribution in [0.3, 0.4) is 0 Å². The Morgan fingerprint density at radius 1 is 0.769 bits per heavy atom. The second-order valence-electron chi connectivity index (χ2n) is 5.85. The molecule has 0 rings (SSSR count). The molecule has 0 amide bonds. The first kappa shape index (κ1) is 28.8. The molecular weight excluding hydrogens is 428 g/mol. The first-order chi connectivity index (χ1) is 12.0. The van der Waals surface area contributed by atoms with Crippen LogP contribution in [0.2, 0.25) is 0 Å². The van der Waals surface area contributed by atoms with Gasteiger partial charge in [0.05, 0.1) is 68.3 Å². The summed E-state index contributed by atoms with van der Waals surface area (Å²) >= 11 is 14.9. The predicted molar refractivity (Wildman–Crippen MR) is 108 cm³/mol. The standard InChI is InChI=1S/C10H22O7.C3H6O2S4/c11-1-9(2-12,3-13)7-17-8-10(4-14,5-15)6-16;4-1(5)3(8,9)2(6)7/h11-16H,1-8H2;2,6-9H,(H,4,5). The molecule has 26 heavy (non-hydrogen) atoms. The summed E-state index contributed by atoms with van der Waals surface area (Å²) in [6.45, 7) is -3.01. The van der Waals surface area contributed by atoms with Gasteiger partial charge in [0, 0.05) is 0 Å². The summed E-state index contributed by atoms with van der Waals surface area (Å²) in [7, 11) is 0. The van der Waals surface area contributed by atoms with Gasteiger partial charge in [-0.15, -0.1) is 25.3 Å². The lowest BCUT2D eigenvalue weighted by Crippen LogP contribution is -2.43. The Labute approximate surface area is 174 Å². The quantitative estimate of drug-likeness (QED) is 0.115. The molecule has 0 saturated heterocycles. The summed E-state index contributed by atoms with van der Waals surface area (Å²) in [5.74, 6) is -1.15. The van der Waals surface area contributed by atoms with E-state index in [0.717, 1.165) is 0 Å². The first-order valence-corrected chi connectivity index (χ1v) is 9.16. The predicted octanol–water partition coefficient (Wildman–Crippen LogP) is -2.26. The van der Waals surface area contributed by atoms with Crippen molar-refractivity contribution in [3.8, 4) is 0 Å². The minimum absolute atomic E-state index is 0.141. The molecule has 0 spiro atoms. The highest BCUT2D eigenvalue weighted by atomic mass is 32.2. The molecule has 0 aromatic carbocycles. The number of aliphatic hydroxyl groups is 6. The lowest BCUT2D eigenvalue weighted by molar-refractivity contribution is -0.136. The Bertz CT molecular complexity index is 351. The molecule has 0 atom stereocenters. The van der Waals surface area contributed by atoms with Crippen molar-refractivity contribution < 1.29 is 45.3 Å². The van der Waals surface area contributed by atoms with Crippen LogP contribution in [-0.4, -0.2) is 103 Å². The number of carboxylic acid groups (broad SMARTS) is 1. The molecule has 0 aliphatic heterocycles. The first-order valence-electron chi connectivity index (χ1n) is 7.23. The zero-order valence-electron chi connectivity index (χ0n) is 14.0. The van der Waals surface area contributed by atoms with Crippen molar-refractivity contribution in [2.24, 2.45) is 10.8 Å². The Morgan fingerprint density at radius 2 is 1.04 bits per heavy atom. The number of carbonyl (C=O) groups is 1. The van der Waals surface area contributed by atoms with E-state index in [9.17, 15) is 4.79 Å². The summed E-state index contributed by atoms with van der Waals surface area (Å²) in [5.41, 5.74) is -2.32. The van der Waals surface area contributed by atoms with Gasteiger partial charge in [-0.3, -0.25) is 0 Å². The van der Waals surface area contributed by atoms with E-state index in [1.807, 2.05) is 0 Å². The molecule has 9 nitrogen and oxygen atoms in total. The molecular formula is C13H28O9S4. The highest BCUT2D eigenvalue weighted by Crippen LogP contribution is 2.30. The minimum atomic E-state index is -1.47. The van der Waals surface area contributed by atoms with Crippen LogP contribution in [0.5, 0.6) is 0 Å². The molecule has 0 saturated carbocycles. The van der Waals surface area contributed by atoms with Crippen LogP contribution in [0.25, 0.3) is 0 Å². The second-order valence-corrected chi connectivity index (χ2v) is 9.05. The van der Waals surface area contributed by atoms with Crippen molar-refractivity contribution in [2.45, 2.75) is 8.66 Å². The largest absolute Gasteiger partial charge is 0.480 e. The van der Waals surface area contributed by atoms with E-state index in [2.05, 4.69) is 50.5 Å². The van der Waals surface area contributed by atoms with E-state index in [-0.39, 0.29) is 13.2 Å². The van der Waals surface area contributed by atoms with Gasteiger partial charge in [0.15, 0.2) is 4.08 Å². The summed E-state index contributed by atoms with van der Waals surface area (Å²) in [6, 6.07) is 0. The van der Waals surface area contributed by atoms with Gasteiger partial charge in [-0.25, -0.2) is 4.79 Å². The minimum Gasteiger partial charge on any atom is -0.480 e. The van der Waals surface area contributed by atoms with Crippen LogP contribution < -0.4 is 0 Å². The monoisotopic (exact) mass is 456 g/mol. The molecule has 0 bridgehead atoms. The number of aliphatic hydroxyl groups excluding tert-OH is 6. The zero-order chi connectivity index (χ0) is 21.0. The fourth-order valence-electron chi connectivity index (χ4n) is 1.17. The highest BCUT2D eigenvalue weighted by molar-refractivity contribution is 8.08. The van der Waals surface area contributed by atoms with Gasteiger partial charge in [0.2, 0.25) is 0 Å². The summed E-state index contributed by atoms with van der Waals surface area (Å²) in [6.07, 6.45) is 0. The van der Waals surface area contributed by atoms with Crippen LogP contribution in [0, 0.1) is 10.8 Å². The fourth-order valence-corrected chi connectivity index (χ4v) is 1.39. The number of hydrogen-bond donors (Lipinski definition) is 11. The number of thiol groups is 4. The number of aliphatic carboxylic acids is 1. The SMILES string of the molecule is O=C(O)C(S)(S)C(S)S.OCC(CO)(CO)COCC(CO)(CO)CO. The Hall–Kier alpha value is 0.590. The van der Waals surface area contributed by atoms with Crippen LogP contribution in [0.4, 0.5) is 0 Å². The third-order valence-corrected chi connectivity index (χ3v) is 5.99.